The van der Waals surface area contributed by atoms with E-state index in [0.717, 1.165) is 72.1 Å². The van der Waals surface area contributed by atoms with Crippen LogP contribution in [-0.2, 0) is 0 Å². The molecule has 2 aromatic carbocycles. The Morgan fingerprint density at radius 2 is 1.75 bits per heavy atom. The van der Waals surface area contributed by atoms with Gasteiger partial charge in [-0.25, -0.2) is 0 Å². The molecule has 2 aromatic heterocycles. The van der Waals surface area contributed by atoms with Crippen LogP contribution in [0.4, 0.5) is 5.82 Å². The second kappa shape index (κ2) is 9.90. The molecule has 5 nitrogen and oxygen atoms in total. The van der Waals surface area contributed by atoms with Gasteiger partial charge in [-0.3, -0.25) is 9.69 Å². The Balaban J connectivity index is 1.05. The van der Waals surface area contributed by atoms with Crippen LogP contribution in [0.5, 0.6) is 0 Å². The molecule has 1 fully saturated rings. The fourth-order valence-corrected chi connectivity index (χ4v) is 6.09. The van der Waals surface area contributed by atoms with E-state index in [2.05, 4.69) is 27.1 Å². The normalized spacial score (nSPS) is 14.8. The van der Waals surface area contributed by atoms with Crippen molar-refractivity contribution in [2.75, 3.05) is 43.4 Å². The lowest BCUT2D eigenvalue weighted by molar-refractivity contribution is 0.104. The smallest absolute Gasteiger partial charge is 0.202 e. The first-order chi connectivity index (χ1) is 15.8. The van der Waals surface area contributed by atoms with E-state index in [9.17, 15) is 4.79 Å². The summed E-state index contributed by atoms with van der Waals surface area (Å²) in [6.45, 7) is 5.13. The predicted molar refractivity (Wildman–Crippen MR) is 132 cm³/mol. The highest BCUT2D eigenvalue weighted by Crippen LogP contribution is 2.30. The number of benzene rings is 2. The van der Waals surface area contributed by atoms with E-state index in [0.29, 0.717) is 0 Å². The van der Waals surface area contributed by atoms with Crippen molar-refractivity contribution in [1.29, 1.82) is 0 Å². The number of carbonyl (C=O) groups is 1. The van der Waals surface area contributed by atoms with E-state index in [1.165, 1.54) is 4.21 Å². The van der Waals surface area contributed by atoms with Gasteiger partial charge in [0.15, 0.2) is 11.4 Å². The summed E-state index contributed by atoms with van der Waals surface area (Å²) < 4.78 is 6.68. The fraction of sp³-hybridized carbons (Fsp3) is 0.280. The molecule has 1 aliphatic rings. The molecule has 0 N–H and O–H groups in total. The quantitative estimate of drug-likeness (QED) is 0.197. The highest BCUT2D eigenvalue weighted by atomic mass is 32.2. The molecule has 1 saturated heterocycles. The molecule has 0 aliphatic carbocycles. The Morgan fingerprint density at radius 3 is 2.59 bits per heavy atom. The van der Waals surface area contributed by atoms with E-state index in [4.69, 9.17) is 4.52 Å². The van der Waals surface area contributed by atoms with E-state index < -0.39 is 0 Å². The van der Waals surface area contributed by atoms with Gasteiger partial charge in [0, 0.05) is 37.5 Å². The van der Waals surface area contributed by atoms with Crippen molar-refractivity contribution in [2.45, 2.75) is 10.6 Å². The van der Waals surface area contributed by atoms with Crippen molar-refractivity contribution >= 4 is 45.7 Å². The lowest BCUT2D eigenvalue weighted by Gasteiger charge is -2.34. The highest BCUT2D eigenvalue weighted by molar-refractivity contribution is 8.01. The molecule has 0 amide bonds. The minimum Gasteiger partial charge on any atom is -0.354 e. The summed E-state index contributed by atoms with van der Waals surface area (Å²) in [5.74, 6) is 2.14. The van der Waals surface area contributed by atoms with E-state index >= 15 is 0 Å². The van der Waals surface area contributed by atoms with Crippen LogP contribution < -0.4 is 4.90 Å². The Kier molecular flexibility index (Phi) is 6.57. The molecule has 1 aliphatic heterocycles. The zero-order valence-corrected chi connectivity index (χ0v) is 19.4. The average Bonchev–Trinajstić information content (AvgIpc) is 3.50. The number of piperazine rings is 1. The van der Waals surface area contributed by atoms with E-state index in [-0.39, 0.29) is 5.78 Å². The summed E-state index contributed by atoms with van der Waals surface area (Å²) in [5, 5.41) is 5.39. The average molecular weight is 464 g/mol. The third kappa shape index (κ3) is 4.75. The van der Waals surface area contributed by atoms with Crippen LogP contribution in [0.2, 0.25) is 0 Å². The maximum atomic E-state index is 12.6. The van der Waals surface area contributed by atoms with Crippen LogP contribution in [0, 0.1) is 0 Å². The van der Waals surface area contributed by atoms with Gasteiger partial charge in [-0.05, 0) is 37.2 Å². The second-order valence-corrected chi connectivity index (χ2v) is 10.3. The summed E-state index contributed by atoms with van der Waals surface area (Å²) in [6.07, 6.45) is 1.14. The fourth-order valence-electron chi connectivity index (χ4n) is 4.00. The third-order valence-electron chi connectivity index (χ3n) is 5.73. The molecule has 3 heterocycles. The van der Waals surface area contributed by atoms with E-state index in [1.54, 1.807) is 11.3 Å². The molecule has 0 saturated carbocycles. The monoisotopic (exact) mass is 463 g/mol. The minimum atomic E-state index is 0.111. The Labute approximate surface area is 196 Å². The number of rotatable bonds is 8. The van der Waals surface area contributed by atoms with Gasteiger partial charge in [-0.1, -0.05) is 47.6 Å². The molecule has 0 atom stereocenters. The number of nitrogens with zero attached hydrogens (tertiary/aromatic N) is 3. The lowest BCUT2D eigenvalue weighted by atomic mass is 10.1. The Morgan fingerprint density at radius 1 is 0.969 bits per heavy atom. The number of ketones is 1. The first-order valence-electron chi connectivity index (χ1n) is 10.9. The second-order valence-electron chi connectivity index (χ2n) is 7.85. The number of anilines is 1. The molecule has 0 unspecified atom stereocenters. The molecule has 5 rings (SSSR count). The number of hydrogen-bond acceptors (Lipinski definition) is 7. The number of thiophene rings is 1. The van der Waals surface area contributed by atoms with Gasteiger partial charge in [0.2, 0.25) is 5.78 Å². The number of hydrogen-bond donors (Lipinski definition) is 0. The lowest BCUT2D eigenvalue weighted by Crippen LogP contribution is -2.46. The van der Waals surface area contributed by atoms with Crippen molar-refractivity contribution in [3.63, 3.8) is 0 Å². The minimum absolute atomic E-state index is 0.111. The molecule has 32 heavy (non-hydrogen) atoms. The zero-order valence-electron chi connectivity index (χ0n) is 17.8. The van der Waals surface area contributed by atoms with Gasteiger partial charge >= 0.3 is 0 Å². The topological polar surface area (TPSA) is 49.6 Å². The van der Waals surface area contributed by atoms with Gasteiger partial charge in [0.25, 0.3) is 0 Å². The van der Waals surface area contributed by atoms with Crippen LogP contribution in [0.1, 0.15) is 21.7 Å². The first-order valence-corrected chi connectivity index (χ1v) is 12.7. The summed E-state index contributed by atoms with van der Waals surface area (Å²) in [7, 11) is 0. The van der Waals surface area contributed by atoms with Gasteiger partial charge in [0.1, 0.15) is 0 Å². The number of fused-ring (bicyclic) bond motifs is 1. The Bertz CT molecular complexity index is 1180. The number of para-hydroxylation sites is 1. The number of aromatic nitrogens is 1. The van der Waals surface area contributed by atoms with Crippen molar-refractivity contribution < 1.29 is 9.32 Å². The maximum absolute atomic E-state index is 12.6. The van der Waals surface area contributed by atoms with Crippen molar-refractivity contribution in [3.8, 4) is 0 Å². The van der Waals surface area contributed by atoms with Crippen LogP contribution >= 0.6 is 23.1 Å². The largest absolute Gasteiger partial charge is 0.354 e. The van der Waals surface area contributed by atoms with Gasteiger partial charge in [0.05, 0.1) is 14.5 Å². The molecular weight excluding hydrogens is 438 g/mol. The molecule has 164 valence electrons. The standard InChI is InChI=1S/C25H25N3O2S2/c29-24(19-7-2-1-3-8-19)22-11-12-23(32-22)31-18-6-13-27-14-16-28(17-15-27)25-20-9-4-5-10-21(20)30-26-25/h1-5,7-12H,6,13-18H2. The zero-order chi connectivity index (χ0) is 21.8. The summed E-state index contributed by atoms with van der Waals surface area (Å²) in [4.78, 5) is 18.2. The van der Waals surface area contributed by atoms with E-state index in [1.807, 2.05) is 66.4 Å². The third-order valence-corrected chi connectivity index (χ3v) is 8.13. The molecule has 0 spiro atoms. The SMILES string of the molecule is O=C(c1ccccc1)c1ccc(SCCCN2CCN(c3noc4ccccc34)CC2)s1. The Hall–Kier alpha value is -2.61. The van der Waals surface area contributed by atoms with Crippen LogP contribution in [-0.4, -0.2) is 54.3 Å². The summed E-state index contributed by atoms with van der Waals surface area (Å²) in [5.41, 5.74) is 1.60. The van der Waals surface area contributed by atoms with Gasteiger partial charge in [-0.15, -0.1) is 23.1 Å². The molecule has 0 bridgehead atoms. The van der Waals surface area contributed by atoms with Crippen molar-refractivity contribution in [2.24, 2.45) is 0 Å². The van der Waals surface area contributed by atoms with Crippen LogP contribution in [0.25, 0.3) is 11.0 Å². The summed E-state index contributed by atoms with van der Waals surface area (Å²) >= 11 is 3.45. The molecular formula is C25H25N3O2S2. The number of thioether (sulfide) groups is 1. The van der Waals surface area contributed by atoms with Crippen molar-refractivity contribution in [1.82, 2.24) is 10.1 Å². The number of carbonyl (C=O) groups excluding carboxylic acids is 1. The highest BCUT2D eigenvalue weighted by Gasteiger charge is 2.21. The first kappa shape index (κ1) is 21.2. The maximum Gasteiger partial charge on any atom is 0.202 e. The molecule has 7 heteroatoms. The van der Waals surface area contributed by atoms with Gasteiger partial charge < -0.3 is 9.42 Å². The van der Waals surface area contributed by atoms with Gasteiger partial charge in [-0.2, -0.15) is 0 Å². The van der Waals surface area contributed by atoms with Crippen LogP contribution in [0.3, 0.4) is 0 Å². The van der Waals surface area contributed by atoms with Crippen molar-refractivity contribution in [3.05, 3.63) is 77.2 Å². The predicted octanol–water partition coefficient (Wildman–Crippen LogP) is 5.42. The molecule has 4 aromatic rings. The molecule has 0 radical (unpaired) electrons. The van der Waals surface area contributed by atoms with Crippen LogP contribution in [0.15, 0.2) is 75.5 Å². The summed E-state index contributed by atoms with van der Waals surface area (Å²) in [6, 6.07) is 21.6.